The second kappa shape index (κ2) is 6.17. The first-order valence-corrected chi connectivity index (χ1v) is 7.31. The van der Waals surface area contributed by atoms with Crippen molar-refractivity contribution in [1.29, 1.82) is 0 Å². The third-order valence-electron chi connectivity index (χ3n) is 4.55. The third kappa shape index (κ3) is 3.43. The highest BCUT2D eigenvalue weighted by atomic mass is 16.3. The average molecular weight is 240 g/mol. The molecule has 2 fully saturated rings. The lowest BCUT2D eigenvalue weighted by Crippen LogP contribution is -2.55. The summed E-state index contributed by atoms with van der Waals surface area (Å²) in [7, 11) is 0. The number of nitrogens with zero attached hydrogens (tertiary/aromatic N) is 1. The van der Waals surface area contributed by atoms with Crippen LogP contribution in [0.15, 0.2) is 0 Å². The van der Waals surface area contributed by atoms with Crippen molar-refractivity contribution in [3.05, 3.63) is 0 Å². The molecule has 0 radical (unpaired) electrons. The summed E-state index contributed by atoms with van der Waals surface area (Å²) < 4.78 is 0. The van der Waals surface area contributed by atoms with E-state index in [1.54, 1.807) is 0 Å². The standard InChI is InChI=1S/C14H28N2O/c1-3-12-8-13(15-4-5-17)10-16(9-12)14-6-11(2)7-14/h11-15,17H,3-10H2,1-2H3. The Labute approximate surface area is 106 Å². The molecular weight excluding hydrogens is 212 g/mol. The summed E-state index contributed by atoms with van der Waals surface area (Å²) in [6, 6.07) is 1.44. The zero-order valence-electron chi connectivity index (χ0n) is 11.4. The van der Waals surface area contributed by atoms with E-state index in [9.17, 15) is 0 Å². The van der Waals surface area contributed by atoms with Crippen LogP contribution in [0.3, 0.4) is 0 Å². The highest BCUT2D eigenvalue weighted by Crippen LogP contribution is 2.34. The fourth-order valence-electron chi connectivity index (χ4n) is 3.41. The van der Waals surface area contributed by atoms with Crippen LogP contribution < -0.4 is 5.32 Å². The molecule has 2 aliphatic rings. The number of nitrogens with one attached hydrogen (secondary N) is 1. The van der Waals surface area contributed by atoms with Crippen LogP contribution in [0.25, 0.3) is 0 Å². The van der Waals surface area contributed by atoms with Crippen molar-refractivity contribution in [2.24, 2.45) is 11.8 Å². The van der Waals surface area contributed by atoms with Gasteiger partial charge in [0.1, 0.15) is 0 Å². The molecular formula is C14H28N2O. The molecule has 0 amide bonds. The molecule has 2 N–H and O–H groups in total. The molecule has 0 aromatic heterocycles. The molecule has 2 unspecified atom stereocenters. The smallest absolute Gasteiger partial charge is 0.0556 e. The van der Waals surface area contributed by atoms with Crippen LogP contribution in [0, 0.1) is 11.8 Å². The predicted molar refractivity (Wildman–Crippen MR) is 71.0 cm³/mol. The maximum absolute atomic E-state index is 8.91. The number of rotatable bonds is 5. The number of aliphatic hydroxyl groups excluding tert-OH is 1. The topological polar surface area (TPSA) is 35.5 Å². The largest absolute Gasteiger partial charge is 0.395 e. The first-order valence-electron chi connectivity index (χ1n) is 7.31. The van der Waals surface area contributed by atoms with Crippen molar-refractivity contribution in [2.75, 3.05) is 26.2 Å². The predicted octanol–water partition coefficient (Wildman–Crippen LogP) is 1.47. The molecule has 0 bridgehead atoms. The Kier molecular flexibility index (Phi) is 4.83. The highest BCUT2D eigenvalue weighted by molar-refractivity contribution is 4.91. The van der Waals surface area contributed by atoms with Gasteiger partial charge in [0.15, 0.2) is 0 Å². The van der Waals surface area contributed by atoms with Crippen LogP contribution in [0.1, 0.15) is 39.5 Å². The summed E-state index contributed by atoms with van der Waals surface area (Å²) >= 11 is 0. The molecule has 0 aromatic carbocycles. The molecule has 1 saturated heterocycles. The molecule has 1 aliphatic heterocycles. The molecule has 100 valence electrons. The van der Waals surface area contributed by atoms with Gasteiger partial charge in [-0.1, -0.05) is 20.3 Å². The molecule has 3 heteroatoms. The molecule has 1 aliphatic carbocycles. The molecule has 0 spiro atoms. The van der Waals surface area contributed by atoms with E-state index >= 15 is 0 Å². The van der Waals surface area contributed by atoms with Crippen molar-refractivity contribution >= 4 is 0 Å². The van der Waals surface area contributed by atoms with E-state index in [-0.39, 0.29) is 6.61 Å². The van der Waals surface area contributed by atoms with Gasteiger partial charge in [-0.15, -0.1) is 0 Å². The quantitative estimate of drug-likeness (QED) is 0.764. The van der Waals surface area contributed by atoms with Gasteiger partial charge in [-0.05, 0) is 31.1 Å². The van der Waals surface area contributed by atoms with E-state index in [1.807, 2.05) is 0 Å². The van der Waals surface area contributed by atoms with Gasteiger partial charge in [0, 0.05) is 31.7 Å². The van der Waals surface area contributed by atoms with E-state index in [2.05, 4.69) is 24.1 Å². The summed E-state index contributed by atoms with van der Waals surface area (Å²) in [6.07, 6.45) is 5.36. The lowest BCUT2D eigenvalue weighted by atomic mass is 9.79. The van der Waals surface area contributed by atoms with Crippen LogP contribution in [0.2, 0.25) is 0 Å². The Balaban J connectivity index is 1.84. The molecule has 17 heavy (non-hydrogen) atoms. The monoisotopic (exact) mass is 240 g/mol. The Morgan fingerprint density at radius 1 is 1.24 bits per heavy atom. The lowest BCUT2D eigenvalue weighted by Gasteiger charge is -2.47. The second-order valence-electron chi connectivity index (χ2n) is 6.07. The van der Waals surface area contributed by atoms with Gasteiger partial charge >= 0.3 is 0 Å². The van der Waals surface area contributed by atoms with E-state index in [0.717, 1.165) is 24.4 Å². The summed E-state index contributed by atoms with van der Waals surface area (Å²) in [4.78, 5) is 2.70. The van der Waals surface area contributed by atoms with Gasteiger partial charge in [-0.2, -0.15) is 0 Å². The molecule has 1 heterocycles. The van der Waals surface area contributed by atoms with Crippen molar-refractivity contribution in [3.63, 3.8) is 0 Å². The Morgan fingerprint density at radius 2 is 2.00 bits per heavy atom. The minimum absolute atomic E-state index is 0.258. The van der Waals surface area contributed by atoms with Gasteiger partial charge in [0.2, 0.25) is 0 Å². The number of aliphatic hydroxyl groups is 1. The summed E-state index contributed by atoms with van der Waals surface area (Å²) in [5, 5.41) is 12.4. The van der Waals surface area contributed by atoms with Crippen molar-refractivity contribution in [3.8, 4) is 0 Å². The van der Waals surface area contributed by atoms with E-state index in [4.69, 9.17) is 5.11 Å². The number of likely N-dealkylation sites (tertiary alicyclic amines) is 1. The zero-order valence-corrected chi connectivity index (χ0v) is 11.4. The second-order valence-corrected chi connectivity index (χ2v) is 6.07. The third-order valence-corrected chi connectivity index (χ3v) is 4.55. The van der Waals surface area contributed by atoms with Crippen LogP contribution in [-0.4, -0.2) is 48.3 Å². The van der Waals surface area contributed by atoms with Gasteiger partial charge in [0.05, 0.1) is 6.61 Å². The van der Waals surface area contributed by atoms with Gasteiger partial charge in [-0.3, -0.25) is 4.90 Å². The lowest BCUT2D eigenvalue weighted by molar-refractivity contribution is 0.0323. The molecule has 3 nitrogen and oxygen atoms in total. The minimum atomic E-state index is 0.258. The van der Waals surface area contributed by atoms with Crippen LogP contribution >= 0.6 is 0 Å². The first kappa shape index (κ1) is 13.3. The van der Waals surface area contributed by atoms with Gasteiger partial charge in [-0.25, -0.2) is 0 Å². The van der Waals surface area contributed by atoms with Crippen molar-refractivity contribution < 1.29 is 5.11 Å². The molecule has 2 rings (SSSR count). The van der Waals surface area contributed by atoms with E-state index < -0.39 is 0 Å². The van der Waals surface area contributed by atoms with E-state index in [0.29, 0.717) is 6.04 Å². The van der Waals surface area contributed by atoms with Crippen LogP contribution in [0.5, 0.6) is 0 Å². The molecule has 0 aromatic rings. The van der Waals surface area contributed by atoms with E-state index in [1.165, 1.54) is 38.8 Å². The summed E-state index contributed by atoms with van der Waals surface area (Å²) in [5.74, 6) is 1.78. The number of piperidine rings is 1. The maximum Gasteiger partial charge on any atom is 0.0556 e. The Hall–Kier alpha value is -0.120. The molecule has 1 saturated carbocycles. The summed E-state index contributed by atoms with van der Waals surface area (Å²) in [5.41, 5.74) is 0. The first-order chi connectivity index (χ1) is 8.22. The fraction of sp³-hybridized carbons (Fsp3) is 1.00. The summed E-state index contributed by atoms with van der Waals surface area (Å²) in [6.45, 7) is 8.16. The average Bonchev–Trinajstić information content (AvgIpc) is 2.32. The maximum atomic E-state index is 8.91. The van der Waals surface area contributed by atoms with Crippen molar-refractivity contribution in [2.45, 2.75) is 51.6 Å². The Bertz CT molecular complexity index is 228. The van der Waals surface area contributed by atoms with Gasteiger partial charge < -0.3 is 10.4 Å². The van der Waals surface area contributed by atoms with Crippen LogP contribution in [-0.2, 0) is 0 Å². The van der Waals surface area contributed by atoms with Crippen molar-refractivity contribution in [1.82, 2.24) is 10.2 Å². The zero-order chi connectivity index (χ0) is 12.3. The Morgan fingerprint density at radius 3 is 2.59 bits per heavy atom. The normalized spacial score (nSPS) is 39.0. The number of hydrogen-bond acceptors (Lipinski definition) is 3. The van der Waals surface area contributed by atoms with Crippen LogP contribution in [0.4, 0.5) is 0 Å². The fourth-order valence-corrected chi connectivity index (χ4v) is 3.41. The minimum Gasteiger partial charge on any atom is -0.395 e. The number of hydrogen-bond donors (Lipinski definition) is 2. The molecule has 2 atom stereocenters. The van der Waals surface area contributed by atoms with Gasteiger partial charge in [0.25, 0.3) is 0 Å². The SMILES string of the molecule is CCC1CC(NCCO)CN(C2CC(C)C2)C1. The highest BCUT2D eigenvalue weighted by Gasteiger charge is 2.35.